The molecule has 1 unspecified atom stereocenters. The molecule has 0 aliphatic rings. The Kier molecular flexibility index (Phi) is 5.22. The van der Waals surface area contributed by atoms with Crippen molar-refractivity contribution in [3.8, 4) is 0 Å². The number of carboxylic acid groups (broad SMARTS) is 1. The minimum atomic E-state index is -3.21. The minimum Gasteiger partial charge on any atom is -0.481 e. The first-order chi connectivity index (χ1) is 9.23. The summed E-state index contributed by atoms with van der Waals surface area (Å²) in [6, 6.07) is 7.27. The van der Waals surface area contributed by atoms with Crippen LogP contribution in [0.2, 0.25) is 0 Å². The fourth-order valence-corrected chi connectivity index (χ4v) is 2.47. The van der Waals surface area contributed by atoms with E-state index in [1.165, 1.54) is 24.3 Å². The van der Waals surface area contributed by atoms with E-state index in [-0.39, 0.29) is 24.4 Å². The van der Waals surface area contributed by atoms with Crippen LogP contribution in [-0.2, 0) is 10.7 Å². The van der Waals surface area contributed by atoms with E-state index in [1.807, 2.05) is 0 Å². The fraction of sp³-hybridized carbons (Fsp3) is 0.533. The van der Waals surface area contributed by atoms with Gasteiger partial charge in [-0.3, -0.25) is 4.79 Å². The van der Waals surface area contributed by atoms with Gasteiger partial charge in [0, 0.05) is 18.5 Å². The van der Waals surface area contributed by atoms with Gasteiger partial charge in [-0.1, -0.05) is 44.2 Å². The molecule has 0 fully saturated rings. The lowest BCUT2D eigenvalue weighted by molar-refractivity contribution is -0.157. The molecule has 0 heterocycles. The minimum absolute atomic E-state index is 0.0266. The van der Waals surface area contributed by atoms with Crippen LogP contribution in [0.25, 0.3) is 0 Å². The highest BCUT2D eigenvalue weighted by atomic mass is 19.3. The molecular weight excluding hydrogens is 264 g/mol. The van der Waals surface area contributed by atoms with Gasteiger partial charge in [0.05, 0.1) is 5.41 Å². The fourth-order valence-electron chi connectivity index (χ4n) is 2.47. The third-order valence-electron chi connectivity index (χ3n) is 3.40. The maximum atomic E-state index is 14.3. The van der Waals surface area contributed by atoms with E-state index >= 15 is 0 Å². The summed E-state index contributed by atoms with van der Waals surface area (Å²) >= 11 is 0. The standard InChI is InChI=1S/C15H21F2NO2/c1-11(2)8-14(10-18,13(19)20)9-15(16,17)12-6-4-3-5-7-12/h3-7,11H,8-10,18H2,1-2H3,(H,19,20). The zero-order chi connectivity index (χ0) is 15.4. The van der Waals surface area contributed by atoms with E-state index in [4.69, 9.17) is 5.73 Å². The van der Waals surface area contributed by atoms with Gasteiger partial charge < -0.3 is 10.8 Å². The van der Waals surface area contributed by atoms with E-state index in [2.05, 4.69) is 0 Å². The van der Waals surface area contributed by atoms with E-state index in [9.17, 15) is 18.7 Å². The number of benzene rings is 1. The van der Waals surface area contributed by atoms with Crippen molar-refractivity contribution in [2.24, 2.45) is 17.1 Å². The number of hydrogen-bond donors (Lipinski definition) is 2. The van der Waals surface area contributed by atoms with Gasteiger partial charge in [0.15, 0.2) is 0 Å². The van der Waals surface area contributed by atoms with Crippen LogP contribution in [0.3, 0.4) is 0 Å². The first-order valence-electron chi connectivity index (χ1n) is 6.60. The summed E-state index contributed by atoms with van der Waals surface area (Å²) in [4.78, 5) is 11.5. The number of hydrogen-bond acceptors (Lipinski definition) is 2. The molecule has 5 heteroatoms. The van der Waals surface area contributed by atoms with Crippen LogP contribution in [-0.4, -0.2) is 17.6 Å². The van der Waals surface area contributed by atoms with Crippen molar-refractivity contribution in [3.63, 3.8) is 0 Å². The van der Waals surface area contributed by atoms with Gasteiger partial charge in [-0.25, -0.2) is 8.78 Å². The molecule has 3 N–H and O–H groups in total. The van der Waals surface area contributed by atoms with Gasteiger partial charge in [-0.15, -0.1) is 0 Å². The quantitative estimate of drug-likeness (QED) is 0.808. The number of halogens is 2. The van der Waals surface area contributed by atoms with E-state index in [0.29, 0.717) is 0 Å². The number of alkyl halides is 2. The van der Waals surface area contributed by atoms with Crippen LogP contribution in [0.1, 0.15) is 32.3 Å². The molecule has 0 radical (unpaired) electrons. The molecular formula is C15H21F2NO2. The third kappa shape index (κ3) is 3.76. The first kappa shape index (κ1) is 16.6. The third-order valence-corrected chi connectivity index (χ3v) is 3.40. The summed E-state index contributed by atoms with van der Waals surface area (Å²) in [5.74, 6) is -4.50. The van der Waals surface area contributed by atoms with Gasteiger partial charge in [0.25, 0.3) is 5.92 Å². The SMILES string of the molecule is CC(C)CC(CN)(CC(F)(F)c1ccccc1)C(=O)O. The highest BCUT2D eigenvalue weighted by molar-refractivity contribution is 5.75. The normalized spacial score (nSPS) is 15.1. The van der Waals surface area contributed by atoms with Crippen LogP contribution in [0.4, 0.5) is 8.78 Å². The summed E-state index contributed by atoms with van der Waals surface area (Å²) in [6.07, 6.45) is -0.657. The van der Waals surface area contributed by atoms with Crippen molar-refractivity contribution in [3.05, 3.63) is 35.9 Å². The highest BCUT2D eigenvalue weighted by Gasteiger charge is 2.47. The van der Waals surface area contributed by atoms with Crippen molar-refractivity contribution >= 4 is 5.97 Å². The summed E-state index contributed by atoms with van der Waals surface area (Å²) in [6.45, 7) is 3.30. The zero-order valence-corrected chi connectivity index (χ0v) is 11.8. The topological polar surface area (TPSA) is 63.3 Å². The average Bonchev–Trinajstić information content (AvgIpc) is 2.37. The Labute approximate surface area is 117 Å². The molecule has 1 aromatic rings. The van der Waals surface area contributed by atoms with Gasteiger partial charge in [-0.2, -0.15) is 0 Å². The van der Waals surface area contributed by atoms with Crippen LogP contribution >= 0.6 is 0 Å². The Hall–Kier alpha value is -1.49. The average molecular weight is 285 g/mol. The van der Waals surface area contributed by atoms with Crippen molar-refractivity contribution in [2.45, 2.75) is 32.6 Å². The molecule has 1 aromatic carbocycles. The Morgan fingerprint density at radius 1 is 1.30 bits per heavy atom. The molecule has 0 spiro atoms. The molecule has 1 atom stereocenters. The first-order valence-corrected chi connectivity index (χ1v) is 6.60. The monoisotopic (exact) mass is 285 g/mol. The molecule has 0 bridgehead atoms. The summed E-state index contributed by atoms with van der Waals surface area (Å²) in [7, 11) is 0. The van der Waals surface area contributed by atoms with Gasteiger partial charge in [0.1, 0.15) is 0 Å². The Balaban J connectivity index is 3.08. The molecule has 3 nitrogen and oxygen atoms in total. The van der Waals surface area contributed by atoms with E-state index in [0.717, 1.165) is 0 Å². The molecule has 0 saturated heterocycles. The van der Waals surface area contributed by atoms with E-state index < -0.39 is 23.7 Å². The molecule has 1 rings (SSSR count). The largest absolute Gasteiger partial charge is 0.481 e. The van der Waals surface area contributed by atoms with Crippen molar-refractivity contribution in [2.75, 3.05) is 6.54 Å². The summed E-state index contributed by atoms with van der Waals surface area (Å²) in [5.41, 5.74) is 3.75. The van der Waals surface area contributed by atoms with Gasteiger partial charge >= 0.3 is 5.97 Å². The lowest BCUT2D eigenvalue weighted by atomic mass is 9.74. The predicted molar refractivity (Wildman–Crippen MR) is 73.5 cm³/mol. The van der Waals surface area contributed by atoms with E-state index in [1.54, 1.807) is 19.9 Å². The number of carboxylic acids is 1. The lowest BCUT2D eigenvalue weighted by Crippen LogP contribution is -2.43. The van der Waals surface area contributed by atoms with Crippen molar-refractivity contribution in [1.29, 1.82) is 0 Å². The van der Waals surface area contributed by atoms with Crippen LogP contribution in [0, 0.1) is 11.3 Å². The maximum absolute atomic E-state index is 14.3. The second-order valence-corrected chi connectivity index (χ2v) is 5.63. The second kappa shape index (κ2) is 6.31. The van der Waals surface area contributed by atoms with Crippen LogP contribution < -0.4 is 5.73 Å². The molecule has 0 saturated carbocycles. The number of nitrogens with two attached hydrogens (primary N) is 1. The predicted octanol–water partition coefficient (Wildman–Crippen LogP) is 3.24. The van der Waals surface area contributed by atoms with Gasteiger partial charge in [0.2, 0.25) is 0 Å². The van der Waals surface area contributed by atoms with Gasteiger partial charge in [-0.05, 0) is 12.3 Å². The molecule has 0 amide bonds. The molecule has 112 valence electrons. The molecule has 0 aromatic heterocycles. The maximum Gasteiger partial charge on any atom is 0.311 e. The number of aliphatic carboxylic acids is 1. The number of carbonyl (C=O) groups is 1. The van der Waals surface area contributed by atoms with Crippen LogP contribution in [0.15, 0.2) is 30.3 Å². The Morgan fingerprint density at radius 3 is 2.25 bits per heavy atom. The smallest absolute Gasteiger partial charge is 0.311 e. The Bertz CT molecular complexity index is 448. The Morgan fingerprint density at radius 2 is 1.85 bits per heavy atom. The lowest BCUT2D eigenvalue weighted by Gasteiger charge is -2.33. The number of rotatable bonds is 7. The van der Waals surface area contributed by atoms with Crippen LogP contribution in [0.5, 0.6) is 0 Å². The zero-order valence-electron chi connectivity index (χ0n) is 11.8. The van der Waals surface area contributed by atoms with Crippen molar-refractivity contribution in [1.82, 2.24) is 0 Å². The molecule has 0 aliphatic carbocycles. The highest BCUT2D eigenvalue weighted by Crippen LogP contribution is 2.42. The summed E-state index contributed by atoms with van der Waals surface area (Å²) < 4.78 is 28.7. The molecule has 0 aliphatic heterocycles. The summed E-state index contributed by atoms with van der Waals surface area (Å²) in [5, 5.41) is 9.37. The second-order valence-electron chi connectivity index (χ2n) is 5.63. The van der Waals surface area contributed by atoms with Crippen molar-refractivity contribution < 1.29 is 18.7 Å². The molecule has 20 heavy (non-hydrogen) atoms.